The minimum atomic E-state index is -0.997. The first-order chi connectivity index (χ1) is 9.50. The van der Waals surface area contributed by atoms with Crippen molar-refractivity contribution in [3.05, 3.63) is 52.0 Å². The molecule has 2 heterocycles. The van der Waals surface area contributed by atoms with Gasteiger partial charge in [-0.05, 0) is 25.8 Å². The number of carboxylic acids is 1. The molecule has 0 aliphatic rings. The van der Waals surface area contributed by atoms with E-state index in [-0.39, 0.29) is 11.1 Å². The molecule has 2 rings (SSSR count). The van der Waals surface area contributed by atoms with Gasteiger partial charge < -0.3 is 14.2 Å². The Balaban J connectivity index is 2.21. The first-order valence-corrected chi connectivity index (χ1v) is 6.41. The van der Waals surface area contributed by atoms with Crippen LogP contribution in [0.1, 0.15) is 28.0 Å². The van der Waals surface area contributed by atoms with Gasteiger partial charge in [0, 0.05) is 37.2 Å². The van der Waals surface area contributed by atoms with E-state index in [2.05, 4.69) is 4.98 Å². The summed E-state index contributed by atoms with van der Waals surface area (Å²) in [5.41, 5.74) is 1.07. The number of imidazole rings is 1. The van der Waals surface area contributed by atoms with Gasteiger partial charge in [-0.15, -0.1) is 0 Å². The van der Waals surface area contributed by atoms with E-state index in [4.69, 9.17) is 0 Å². The van der Waals surface area contributed by atoms with Crippen LogP contribution in [0.4, 0.5) is 0 Å². The molecule has 0 atom stereocenters. The Bertz CT molecular complexity index is 672. The number of carbonyl (C=O) groups is 1. The van der Waals surface area contributed by atoms with Crippen molar-refractivity contribution in [3.63, 3.8) is 0 Å². The Morgan fingerprint density at radius 2 is 2.10 bits per heavy atom. The van der Waals surface area contributed by atoms with E-state index in [0.29, 0.717) is 17.8 Å². The summed E-state index contributed by atoms with van der Waals surface area (Å²) in [5, 5.41) is 9.21. The van der Waals surface area contributed by atoms with E-state index >= 15 is 0 Å². The van der Waals surface area contributed by atoms with Crippen LogP contribution in [0.2, 0.25) is 0 Å². The number of carboxylic acid groups (broad SMARTS) is 1. The molecule has 0 aromatic carbocycles. The van der Waals surface area contributed by atoms with E-state index in [0.717, 1.165) is 13.0 Å². The summed E-state index contributed by atoms with van der Waals surface area (Å²) in [6.45, 7) is 4.55. The number of rotatable bonds is 5. The van der Waals surface area contributed by atoms with Gasteiger partial charge in [0.25, 0.3) is 5.56 Å². The Hall–Kier alpha value is -2.37. The summed E-state index contributed by atoms with van der Waals surface area (Å²) >= 11 is 0. The van der Waals surface area contributed by atoms with Crippen LogP contribution in [0.15, 0.2) is 29.6 Å². The molecular formula is C14H17N3O3. The van der Waals surface area contributed by atoms with Gasteiger partial charge in [0.15, 0.2) is 0 Å². The second-order valence-corrected chi connectivity index (χ2v) is 4.74. The first-order valence-electron chi connectivity index (χ1n) is 6.41. The lowest BCUT2D eigenvalue weighted by atomic mass is 10.1. The molecule has 0 bridgehead atoms. The summed E-state index contributed by atoms with van der Waals surface area (Å²) in [4.78, 5) is 27.2. The molecule has 0 amide bonds. The zero-order valence-electron chi connectivity index (χ0n) is 11.5. The fraction of sp³-hybridized carbons (Fsp3) is 0.357. The van der Waals surface area contributed by atoms with Gasteiger partial charge in [-0.3, -0.25) is 4.79 Å². The maximum Gasteiger partial charge on any atom is 0.337 e. The van der Waals surface area contributed by atoms with Crippen LogP contribution in [0.5, 0.6) is 0 Å². The van der Waals surface area contributed by atoms with E-state index in [1.165, 1.54) is 10.6 Å². The summed E-state index contributed by atoms with van der Waals surface area (Å²) in [5.74, 6) is -0.997. The number of aromatic nitrogens is 3. The van der Waals surface area contributed by atoms with E-state index in [1.54, 1.807) is 26.4 Å². The highest BCUT2D eigenvalue weighted by Crippen LogP contribution is 2.11. The molecule has 2 aromatic heterocycles. The van der Waals surface area contributed by atoms with Gasteiger partial charge in [0.05, 0.1) is 11.9 Å². The second kappa shape index (κ2) is 5.73. The number of aryl methyl sites for hydroxylation is 2. The van der Waals surface area contributed by atoms with Crippen molar-refractivity contribution in [2.24, 2.45) is 0 Å². The Morgan fingerprint density at radius 1 is 1.35 bits per heavy atom. The minimum Gasteiger partial charge on any atom is -0.478 e. The molecule has 6 heteroatoms. The largest absolute Gasteiger partial charge is 0.478 e. The van der Waals surface area contributed by atoms with Crippen molar-refractivity contribution in [2.75, 3.05) is 0 Å². The first kappa shape index (κ1) is 14.0. The van der Waals surface area contributed by atoms with Crippen LogP contribution in [0.25, 0.3) is 0 Å². The molecule has 0 saturated heterocycles. The monoisotopic (exact) mass is 275 g/mol. The van der Waals surface area contributed by atoms with Gasteiger partial charge >= 0.3 is 5.97 Å². The molecule has 6 nitrogen and oxygen atoms in total. The van der Waals surface area contributed by atoms with E-state index < -0.39 is 5.97 Å². The third-order valence-electron chi connectivity index (χ3n) is 3.34. The fourth-order valence-corrected chi connectivity index (χ4v) is 2.35. The second-order valence-electron chi connectivity index (χ2n) is 4.74. The SMILES string of the molecule is Cc1cc(=O)n(CCCn2ccnc2)c(C)c1C(=O)O. The summed E-state index contributed by atoms with van der Waals surface area (Å²) in [7, 11) is 0. The molecule has 0 aliphatic heterocycles. The molecule has 0 fully saturated rings. The quantitative estimate of drug-likeness (QED) is 0.896. The average Bonchev–Trinajstić information content (AvgIpc) is 2.85. The number of aromatic carboxylic acids is 1. The Labute approximate surface area is 116 Å². The van der Waals surface area contributed by atoms with Gasteiger partial charge in [0.2, 0.25) is 0 Å². The molecule has 1 N–H and O–H groups in total. The molecule has 0 radical (unpaired) electrons. The minimum absolute atomic E-state index is 0.157. The van der Waals surface area contributed by atoms with Crippen molar-refractivity contribution in [3.8, 4) is 0 Å². The van der Waals surface area contributed by atoms with Crippen molar-refractivity contribution in [1.82, 2.24) is 14.1 Å². The predicted molar refractivity (Wildman–Crippen MR) is 74.0 cm³/mol. The zero-order chi connectivity index (χ0) is 14.7. The standard InChI is InChI=1S/C14H17N3O3/c1-10-8-12(18)17(11(2)13(10)14(19)20)6-3-5-16-7-4-15-9-16/h4,7-9H,3,5-6H2,1-2H3,(H,19,20). The van der Waals surface area contributed by atoms with Crippen molar-refractivity contribution < 1.29 is 9.90 Å². The van der Waals surface area contributed by atoms with Crippen LogP contribution in [0, 0.1) is 13.8 Å². The van der Waals surface area contributed by atoms with Crippen LogP contribution in [-0.2, 0) is 13.1 Å². The van der Waals surface area contributed by atoms with E-state index in [9.17, 15) is 14.7 Å². The van der Waals surface area contributed by atoms with E-state index in [1.807, 2.05) is 10.8 Å². The van der Waals surface area contributed by atoms with Gasteiger partial charge in [-0.1, -0.05) is 0 Å². The van der Waals surface area contributed by atoms with Gasteiger partial charge in [0.1, 0.15) is 0 Å². The van der Waals surface area contributed by atoms with Crippen LogP contribution in [0.3, 0.4) is 0 Å². The zero-order valence-corrected chi connectivity index (χ0v) is 11.5. The average molecular weight is 275 g/mol. The number of nitrogens with zero attached hydrogens (tertiary/aromatic N) is 3. The van der Waals surface area contributed by atoms with Crippen LogP contribution < -0.4 is 5.56 Å². The molecule has 0 aliphatic carbocycles. The van der Waals surface area contributed by atoms with Crippen molar-refractivity contribution >= 4 is 5.97 Å². The van der Waals surface area contributed by atoms with Gasteiger partial charge in [-0.2, -0.15) is 0 Å². The molecule has 0 saturated carbocycles. The maximum absolute atomic E-state index is 12.0. The Morgan fingerprint density at radius 3 is 2.70 bits per heavy atom. The Kier molecular flexibility index (Phi) is 4.02. The molecule has 20 heavy (non-hydrogen) atoms. The highest BCUT2D eigenvalue weighted by molar-refractivity contribution is 5.90. The lowest BCUT2D eigenvalue weighted by Crippen LogP contribution is -2.26. The molecule has 0 spiro atoms. The van der Waals surface area contributed by atoms with Gasteiger partial charge in [-0.25, -0.2) is 9.78 Å². The maximum atomic E-state index is 12.0. The summed E-state index contributed by atoms with van der Waals surface area (Å²) in [6.07, 6.45) is 6.01. The third kappa shape index (κ3) is 2.79. The third-order valence-corrected chi connectivity index (χ3v) is 3.34. The molecule has 0 unspecified atom stereocenters. The topological polar surface area (TPSA) is 77.1 Å². The number of hydrogen-bond donors (Lipinski definition) is 1. The summed E-state index contributed by atoms with van der Waals surface area (Å²) in [6, 6.07) is 1.38. The number of hydrogen-bond acceptors (Lipinski definition) is 3. The molecular weight excluding hydrogens is 258 g/mol. The van der Waals surface area contributed by atoms with Crippen LogP contribution in [-0.4, -0.2) is 25.2 Å². The molecule has 106 valence electrons. The molecule has 2 aromatic rings. The lowest BCUT2D eigenvalue weighted by molar-refractivity contribution is 0.0694. The number of pyridine rings is 1. The fourth-order valence-electron chi connectivity index (χ4n) is 2.35. The summed E-state index contributed by atoms with van der Waals surface area (Å²) < 4.78 is 3.44. The smallest absolute Gasteiger partial charge is 0.337 e. The predicted octanol–water partition coefficient (Wildman–Crippen LogP) is 1.45. The van der Waals surface area contributed by atoms with Crippen molar-refractivity contribution in [1.29, 1.82) is 0 Å². The normalized spacial score (nSPS) is 10.7. The van der Waals surface area contributed by atoms with Crippen molar-refractivity contribution in [2.45, 2.75) is 33.4 Å². The van der Waals surface area contributed by atoms with Crippen LogP contribution >= 0.6 is 0 Å². The lowest BCUT2D eigenvalue weighted by Gasteiger charge is -2.14. The highest BCUT2D eigenvalue weighted by Gasteiger charge is 2.15. The highest BCUT2D eigenvalue weighted by atomic mass is 16.4.